The van der Waals surface area contributed by atoms with Gasteiger partial charge in [0.1, 0.15) is 5.82 Å². The largest absolute Gasteiger partial charge is 0.349 e. The average molecular weight is 334 g/mol. The standard InChI is InChI=1S/C20H22N4O/c1-14-4-5-17(19-16(14)3-2-8-23-19)20(25)24-11-6-15(7-12-24)13-18-21-9-10-22-18/h2-5,8-10,15H,6-7,11-13H2,1H3,(H,21,22). The smallest absolute Gasteiger partial charge is 0.256 e. The third-order valence-corrected chi connectivity index (χ3v) is 5.16. The molecule has 5 heteroatoms. The second-order valence-electron chi connectivity index (χ2n) is 6.81. The number of benzene rings is 1. The number of nitrogens with zero attached hydrogens (tertiary/aromatic N) is 3. The summed E-state index contributed by atoms with van der Waals surface area (Å²) in [5, 5.41) is 1.06. The van der Waals surface area contributed by atoms with Crippen LogP contribution in [-0.2, 0) is 6.42 Å². The Hall–Kier alpha value is -2.69. The number of rotatable bonds is 3. The highest BCUT2D eigenvalue weighted by molar-refractivity contribution is 6.06. The molecule has 4 rings (SSSR count). The first kappa shape index (κ1) is 15.8. The summed E-state index contributed by atoms with van der Waals surface area (Å²) in [7, 11) is 0. The van der Waals surface area contributed by atoms with E-state index in [-0.39, 0.29) is 5.91 Å². The van der Waals surface area contributed by atoms with Crippen molar-refractivity contribution in [1.29, 1.82) is 0 Å². The van der Waals surface area contributed by atoms with Gasteiger partial charge >= 0.3 is 0 Å². The van der Waals surface area contributed by atoms with E-state index < -0.39 is 0 Å². The normalized spacial score (nSPS) is 15.6. The molecular weight excluding hydrogens is 312 g/mol. The van der Waals surface area contributed by atoms with Crippen LogP contribution in [0.25, 0.3) is 10.9 Å². The Morgan fingerprint density at radius 1 is 1.20 bits per heavy atom. The maximum absolute atomic E-state index is 13.0. The summed E-state index contributed by atoms with van der Waals surface area (Å²) in [5.74, 6) is 1.72. The van der Waals surface area contributed by atoms with Crippen LogP contribution in [0.15, 0.2) is 42.9 Å². The molecule has 1 aliphatic heterocycles. The van der Waals surface area contributed by atoms with Gasteiger partial charge in [-0.2, -0.15) is 0 Å². The fourth-order valence-corrected chi connectivity index (χ4v) is 3.68. The van der Waals surface area contributed by atoms with E-state index in [0.29, 0.717) is 11.5 Å². The van der Waals surface area contributed by atoms with E-state index >= 15 is 0 Å². The molecular formula is C20H22N4O. The lowest BCUT2D eigenvalue weighted by molar-refractivity contribution is 0.0691. The zero-order chi connectivity index (χ0) is 17.2. The number of hydrogen-bond donors (Lipinski definition) is 1. The minimum Gasteiger partial charge on any atom is -0.349 e. The highest BCUT2D eigenvalue weighted by atomic mass is 16.2. The minimum absolute atomic E-state index is 0.0974. The number of piperidine rings is 1. The summed E-state index contributed by atoms with van der Waals surface area (Å²) in [5.41, 5.74) is 2.67. The van der Waals surface area contributed by atoms with Crippen molar-refractivity contribution in [3.05, 3.63) is 59.8 Å². The monoisotopic (exact) mass is 334 g/mol. The van der Waals surface area contributed by atoms with Crippen molar-refractivity contribution < 1.29 is 4.79 Å². The number of aromatic nitrogens is 3. The molecule has 3 aromatic rings. The predicted octanol–water partition coefficient (Wildman–Crippen LogP) is 3.36. The molecule has 128 valence electrons. The number of fused-ring (bicyclic) bond motifs is 1. The van der Waals surface area contributed by atoms with E-state index in [2.05, 4.69) is 21.9 Å². The highest BCUT2D eigenvalue weighted by Crippen LogP contribution is 2.25. The van der Waals surface area contributed by atoms with Crippen molar-refractivity contribution in [3.63, 3.8) is 0 Å². The molecule has 0 saturated carbocycles. The number of imidazole rings is 1. The van der Waals surface area contributed by atoms with E-state index in [9.17, 15) is 4.79 Å². The van der Waals surface area contributed by atoms with E-state index in [4.69, 9.17) is 0 Å². The van der Waals surface area contributed by atoms with Gasteiger partial charge in [0.15, 0.2) is 0 Å². The van der Waals surface area contributed by atoms with Crippen molar-refractivity contribution in [1.82, 2.24) is 19.9 Å². The zero-order valence-corrected chi connectivity index (χ0v) is 14.4. The minimum atomic E-state index is 0.0974. The third kappa shape index (κ3) is 3.14. The number of pyridine rings is 1. The molecule has 5 nitrogen and oxygen atoms in total. The lowest BCUT2D eigenvalue weighted by atomic mass is 9.92. The molecule has 3 heterocycles. The van der Waals surface area contributed by atoms with Gasteiger partial charge in [-0.1, -0.05) is 12.1 Å². The number of nitrogens with one attached hydrogen (secondary N) is 1. The van der Waals surface area contributed by atoms with Gasteiger partial charge in [0.05, 0.1) is 11.1 Å². The second kappa shape index (κ2) is 6.67. The first-order valence-electron chi connectivity index (χ1n) is 8.84. The van der Waals surface area contributed by atoms with Gasteiger partial charge in [-0.15, -0.1) is 0 Å². The van der Waals surface area contributed by atoms with E-state index in [1.54, 1.807) is 12.4 Å². The number of H-pyrrole nitrogens is 1. The van der Waals surface area contributed by atoms with E-state index in [0.717, 1.165) is 54.6 Å². The Kier molecular flexibility index (Phi) is 4.22. The average Bonchev–Trinajstić information content (AvgIpc) is 3.15. The lowest BCUT2D eigenvalue weighted by Crippen LogP contribution is -2.39. The Morgan fingerprint density at radius 2 is 2.04 bits per heavy atom. The molecule has 1 fully saturated rings. The van der Waals surface area contributed by atoms with Crippen LogP contribution in [-0.4, -0.2) is 38.8 Å². The van der Waals surface area contributed by atoms with Crippen molar-refractivity contribution in [2.75, 3.05) is 13.1 Å². The number of hydrogen-bond acceptors (Lipinski definition) is 3. The number of likely N-dealkylation sites (tertiary alicyclic amines) is 1. The summed E-state index contributed by atoms with van der Waals surface area (Å²) in [4.78, 5) is 26.9. The van der Waals surface area contributed by atoms with Crippen LogP contribution in [0.4, 0.5) is 0 Å². The van der Waals surface area contributed by atoms with Crippen molar-refractivity contribution in [2.45, 2.75) is 26.2 Å². The molecule has 0 atom stereocenters. The SMILES string of the molecule is Cc1ccc(C(=O)N2CCC(Cc3ncc[nH]3)CC2)c2ncccc12. The number of amides is 1. The number of carbonyl (C=O) groups excluding carboxylic acids is 1. The molecule has 0 aliphatic carbocycles. The number of carbonyl (C=O) groups is 1. The second-order valence-corrected chi connectivity index (χ2v) is 6.81. The molecule has 0 spiro atoms. The fraction of sp³-hybridized carbons (Fsp3) is 0.350. The third-order valence-electron chi connectivity index (χ3n) is 5.16. The van der Waals surface area contributed by atoms with Gasteiger partial charge in [-0.25, -0.2) is 4.98 Å². The van der Waals surface area contributed by atoms with Crippen LogP contribution in [0.3, 0.4) is 0 Å². The van der Waals surface area contributed by atoms with Crippen LogP contribution in [0.2, 0.25) is 0 Å². The van der Waals surface area contributed by atoms with Crippen molar-refractivity contribution >= 4 is 16.8 Å². The Balaban J connectivity index is 1.48. The zero-order valence-electron chi connectivity index (χ0n) is 14.4. The highest BCUT2D eigenvalue weighted by Gasteiger charge is 2.25. The molecule has 2 aromatic heterocycles. The Bertz CT molecular complexity index is 880. The van der Waals surface area contributed by atoms with E-state index in [1.807, 2.05) is 35.4 Å². The molecule has 1 amide bonds. The molecule has 0 radical (unpaired) electrons. The Labute approximate surface area is 147 Å². The Morgan fingerprint density at radius 3 is 2.80 bits per heavy atom. The van der Waals surface area contributed by atoms with Gasteiger partial charge in [0.2, 0.25) is 0 Å². The molecule has 0 bridgehead atoms. The molecule has 1 aliphatic rings. The van der Waals surface area contributed by atoms with E-state index in [1.165, 1.54) is 0 Å². The summed E-state index contributed by atoms with van der Waals surface area (Å²) in [6.07, 6.45) is 8.42. The first-order valence-corrected chi connectivity index (χ1v) is 8.84. The van der Waals surface area contributed by atoms with Crippen LogP contribution < -0.4 is 0 Å². The van der Waals surface area contributed by atoms with Crippen LogP contribution in [0, 0.1) is 12.8 Å². The maximum atomic E-state index is 13.0. The summed E-state index contributed by atoms with van der Waals surface area (Å²) >= 11 is 0. The van der Waals surface area contributed by atoms with Gasteiger partial charge in [0, 0.05) is 43.5 Å². The molecule has 25 heavy (non-hydrogen) atoms. The maximum Gasteiger partial charge on any atom is 0.256 e. The first-order chi connectivity index (χ1) is 12.2. The molecule has 1 aromatic carbocycles. The van der Waals surface area contributed by atoms with Crippen molar-refractivity contribution in [2.24, 2.45) is 5.92 Å². The van der Waals surface area contributed by atoms with Crippen LogP contribution in [0.5, 0.6) is 0 Å². The molecule has 0 unspecified atom stereocenters. The van der Waals surface area contributed by atoms with Gasteiger partial charge < -0.3 is 9.88 Å². The summed E-state index contributed by atoms with van der Waals surface area (Å²) in [6, 6.07) is 7.89. The quantitative estimate of drug-likeness (QED) is 0.799. The summed E-state index contributed by atoms with van der Waals surface area (Å²) < 4.78 is 0. The van der Waals surface area contributed by atoms with Crippen LogP contribution >= 0.6 is 0 Å². The van der Waals surface area contributed by atoms with Crippen molar-refractivity contribution in [3.8, 4) is 0 Å². The van der Waals surface area contributed by atoms with Gasteiger partial charge in [-0.3, -0.25) is 9.78 Å². The van der Waals surface area contributed by atoms with Gasteiger partial charge in [-0.05, 0) is 43.4 Å². The van der Waals surface area contributed by atoms with Crippen LogP contribution in [0.1, 0.15) is 34.6 Å². The number of aromatic amines is 1. The predicted molar refractivity (Wildman–Crippen MR) is 97.4 cm³/mol. The summed E-state index contributed by atoms with van der Waals surface area (Å²) in [6.45, 7) is 3.65. The molecule has 1 N–H and O–H groups in total. The number of aryl methyl sites for hydroxylation is 1. The lowest BCUT2D eigenvalue weighted by Gasteiger charge is -2.32. The topological polar surface area (TPSA) is 61.9 Å². The van der Waals surface area contributed by atoms with Gasteiger partial charge in [0.25, 0.3) is 5.91 Å². The molecule has 1 saturated heterocycles. The fourth-order valence-electron chi connectivity index (χ4n) is 3.68.